The van der Waals surface area contributed by atoms with E-state index in [1.54, 1.807) is 12.4 Å². The van der Waals surface area contributed by atoms with Crippen molar-refractivity contribution in [1.82, 2.24) is 4.98 Å². The summed E-state index contributed by atoms with van der Waals surface area (Å²) in [5.41, 5.74) is 7.80. The van der Waals surface area contributed by atoms with Crippen LogP contribution in [0.15, 0.2) is 18.5 Å². The van der Waals surface area contributed by atoms with Crippen LogP contribution in [0.2, 0.25) is 0 Å². The molecule has 1 rings (SSSR count). The van der Waals surface area contributed by atoms with Crippen molar-refractivity contribution >= 4 is 5.69 Å². The van der Waals surface area contributed by atoms with Crippen molar-refractivity contribution in [2.24, 2.45) is 0 Å². The maximum absolute atomic E-state index is 5.74. The zero-order valence-electron chi connectivity index (χ0n) is 7.59. The average Bonchev–Trinajstić information content (AvgIpc) is 2.09. The molecule has 2 nitrogen and oxygen atoms in total. The van der Waals surface area contributed by atoms with Crippen LogP contribution in [-0.4, -0.2) is 4.98 Å². The number of anilines is 1. The Hall–Kier alpha value is -1.05. The fourth-order valence-electron chi connectivity index (χ4n) is 1.23. The molecule has 0 spiro atoms. The summed E-state index contributed by atoms with van der Waals surface area (Å²) >= 11 is 0. The number of nitrogens with two attached hydrogens (primary N) is 1. The van der Waals surface area contributed by atoms with E-state index in [-0.39, 0.29) is 0 Å². The van der Waals surface area contributed by atoms with Crippen molar-refractivity contribution in [3.8, 4) is 0 Å². The third kappa shape index (κ3) is 2.53. The second kappa shape index (κ2) is 4.75. The van der Waals surface area contributed by atoms with Gasteiger partial charge in [0.05, 0.1) is 11.9 Å². The molecule has 0 aliphatic carbocycles. The minimum Gasteiger partial charge on any atom is -0.397 e. The topological polar surface area (TPSA) is 38.9 Å². The number of hydrogen-bond donors (Lipinski definition) is 1. The molecule has 0 saturated heterocycles. The summed E-state index contributed by atoms with van der Waals surface area (Å²) < 4.78 is 0. The van der Waals surface area contributed by atoms with Crippen LogP contribution in [0.4, 0.5) is 5.69 Å². The van der Waals surface area contributed by atoms with Gasteiger partial charge in [-0.15, -0.1) is 0 Å². The van der Waals surface area contributed by atoms with Crippen molar-refractivity contribution in [1.29, 1.82) is 0 Å². The lowest BCUT2D eigenvalue weighted by atomic mass is 10.1. The minimum atomic E-state index is 0.827. The maximum Gasteiger partial charge on any atom is 0.0533 e. The Morgan fingerprint density at radius 3 is 2.92 bits per heavy atom. The van der Waals surface area contributed by atoms with Gasteiger partial charge in [0.1, 0.15) is 0 Å². The van der Waals surface area contributed by atoms with Crippen molar-refractivity contribution in [2.45, 2.75) is 32.6 Å². The number of pyridine rings is 1. The van der Waals surface area contributed by atoms with Gasteiger partial charge >= 0.3 is 0 Å². The first-order valence-electron chi connectivity index (χ1n) is 4.53. The van der Waals surface area contributed by atoms with Crippen LogP contribution in [0.1, 0.15) is 31.7 Å². The van der Waals surface area contributed by atoms with E-state index in [0.29, 0.717) is 0 Å². The molecule has 0 saturated carbocycles. The van der Waals surface area contributed by atoms with Crippen molar-refractivity contribution in [3.05, 3.63) is 24.0 Å². The van der Waals surface area contributed by atoms with Crippen LogP contribution in [0.5, 0.6) is 0 Å². The van der Waals surface area contributed by atoms with E-state index in [4.69, 9.17) is 5.73 Å². The second-order valence-corrected chi connectivity index (χ2v) is 3.03. The zero-order chi connectivity index (χ0) is 8.81. The molecular formula is C10H16N2. The smallest absolute Gasteiger partial charge is 0.0533 e. The Morgan fingerprint density at radius 1 is 1.42 bits per heavy atom. The lowest BCUT2D eigenvalue weighted by molar-refractivity contribution is 0.718. The van der Waals surface area contributed by atoms with E-state index in [1.807, 2.05) is 6.07 Å². The molecule has 0 bridgehead atoms. The summed E-state index contributed by atoms with van der Waals surface area (Å²) in [5.74, 6) is 0. The quantitative estimate of drug-likeness (QED) is 0.694. The molecular weight excluding hydrogens is 148 g/mol. The number of aromatic nitrogens is 1. The highest BCUT2D eigenvalue weighted by molar-refractivity contribution is 5.43. The summed E-state index contributed by atoms with van der Waals surface area (Å²) in [6.07, 6.45) is 8.37. The van der Waals surface area contributed by atoms with E-state index in [9.17, 15) is 0 Å². The van der Waals surface area contributed by atoms with Gasteiger partial charge in [0.15, 0.2) is 0 Å². The van der Waals surface area contributed by atoms with Crippen LogP contribution in [0.25, 0.3) is 0 Å². The first-order valence-corrected chi connectivity index (χ1v) is 4.53. The van der Waals surface area contributed by atoms with Crippen LogP contribution in [-0.2, 0) is 6.42 Å². The summed E-state index contributed by atoms with van der Waals surface area (Å²) in [6.45, 7) is 2.20. The molecule has 0 fully saturated rings. The molecule has 1 aromatic heterocycles. The van der Waals surface area contributed by atoms with Crippen molar-refractivity contribution in [2.75, 3.05) is 5.73 Å². The van der Waals surface area contributed by atoms with Gasteiger partial charge in [0, 0.05) is 6.20 Å². The van der Waals surface area contributed by atoms with Gasteiger partial charge in [-0.3, -0.25) is 4.98 Å². The SMILES string of the molecule is CCCCCc1ccncc1N. The molecule has 0 amide bonds. The molecule has 2 heteroatoms. The summed E-state index contributed by atoms with van der Waals surface area (Å²) in [7, 11) is 0. The molecule has 66 valence electrons. The molecule has 0 aromatic carbocycles. The molecule has 1 heterocycles. The van der Waals surface area contributed by atoms with E-state index in [0.717, 1.165) is 12.1 Å². The molecule has 0 unspecified atom stereocenters. The predicted octanol–water partition coefficient (Wildman–Crippen LogP) is 2.40. The molecule has 0 aliphatic rings. The number of rotatable bonds is 4. The molecule has 0 atom stereocenters. The van der Waals surface area contributed by atoms with E-state index in [1.165, 1.54) is 24.8 Å². The van der Waals surface area contributed by atoms with Gasteiger partial charge in [-0.1, -0.05) is 19.8 Å². The highest BCUT2D eigenvalue weighted by Crippen LogP contribution is 2.12. The molecule has 1 aromatic rings. The van der Waals surface area contributed by atoms with Gasteiger partial charge in [-0.05, 0) is 24.5 Å². The largest absolute Gasteiger partial charge is 0.397 e. The van der Waals surface area contributed by atoms with Crippen molar-refractivity contribution < 1.29 is 0 Å². The third-order valence-corrected chi connectivity index (χ3v) is 2.00. The minimum absolute atomic E-state index is 0.827. The van der Waals surface area contributed by atoms with E-state index < -0.39 is 0 Å². The lowest BCUT2D eigenvalue weighted by Crippen LogP contribution is -1.94. The lowest BCUT2D eigenvalue weighted by Gasteiger charge is -2.02. The highest BCUT2D eigenvalue weighted by atomic mass is 14.7. The Balaban J connectivity index is 2.46. The number of nitrogen functional groups attached to an aromatic ring is 1. The van der Waals surface area contributed by atoms with Crippen LogP contribution in [0, 0.1) is 0 Å². The average molecular weight is 164 g/mol. The molecule has 2 N–H and O–H groups in total. The first kappa shape index (κ1) is 9.04. The van der Waals surface area contributed by atoms with Gasteiger partial charge in [-0.25, -0.2) is 0 Å². The van der Waals surface area contributed by atoms with Crippen LogP contribution < -0.4 is 5.73 Å². The second-order valence-electron chi connectivity index (χ2n) is 3.03. The molecule has 0 aliphatic heterocycles. The summed E-state index contributed by atoms with van der Waals surface area (Å²) in [5, 5.41) is 0. The van der Waals surface area contributed by atoms with Crippen molar-refractivity contribution in [3.63, 3.8) is 0 Å². The Labute approximate surface area is 73.8 Å². The number of nitrogens with zero attached hydrogens (tertiary/aromatic N) is 1. The van der Waals surface area contributed by atoms with Crippen LogP contribution >= 0.6 is 0 Å². The van der Waals surface area contributed by atoms with Gasteiger partial charge in [0.2, 0.25) is 0 Å². The van der Waals surface area contributed by atoms with E-state index in [2.05, 4.69) is 11.9 Å². The number of aryl methyl sites for hydroxylation is 1. The number of hydrogen-bond acceptors (Lipinski definition) is 2. The standard InChI is InChI=1S/C10H16N2/c1-2-3-4-5-9-6-7-12-8-10(9)11/h6-8H,2-5,11H2,1H3. The van der Waals surface area contributed by atoms with Crippen LogP contribution in [0.3, 0.4) is 0 Å². The zero-order valence-corrected chi connectivity index (χ0v) is 7.59. The fraction of sp³-hybridized carbons (Fsp3) is 0.500. The van der Waals surface area contributed by atoms with Gasteiger partial charge < -0.3 is 5.73 Å². The monoisotopic (exact) mass is 164 g/mol. The molecule has 0 radical (unpaired) electrons. The molecule has 12 heavy (non-hydrogen) atoms. The van der Waals surface area contributed by atoms with Gasteiger partial charge in [0.25, 0.3) is 0 Å². The summed E-state index contributed by atoms with van der Waals surface area (Å²) in [6, 6.07) is 2.00. The Kier molecular flexibility index (Phi) is 3.58. The van der Waals surface area contributed by atoms with Gasteiger partial charge in [-0.2, -0.15) is 0 Å². The van der Waals surface area contributed by atoms with E-state index >= 15 is 0 Å². The summed E-state index contributed by atoms with van der Waals surface area (Å²) in [4.78, 5) is 3.95. The maximum atomic E-state index is 5.74. The first-order chi connectivity index (χ1) is 5.84. The highest BCUT2D eigenvalue weighted by Gasteiger charge is 1.96. The number of unbranched alkanes of at least 4 members (excludes halogenated alkanes) is 2. The Morgan fingerprint density at radius 2 is 2.25 bits per heavy atom. The fourth-order valence-corrected chi connectivity index (χ4v) is 1.23. The predicted molar refractivity (Wildman–Crippen MR) is 51.9 cm³/mol. The normalized spacial score (nSPS) is 10.1. The third-order valence-electron chi connectivity index (χ3n) is 2.00. The Bertz CT molecular complexity index is 233.